The van der Waals surface area contributed by atoms with Crippen molar-refractivity contribution in [1.29, 1.82) is 0 Å². The van der Waals surface area contributed by atoms with Crippen LogP contribution in [0.25, 0.3) is 33.5 Å². The summed E-state index contributed by atoms with van der Waals surface area (Å²) in [6.45, 7) is 8.55. The Balaban J connectivity index is 1.60. The Labute approximate surface area is 258 Å². The van der Waals surface area contributed by atoms with Gasteiger partial charge in [0, 0.05) is 45.9 Å². The molecule has 0 aliphatic carbocycles. The van der Waals surface area contributed by atoms with Crippen LogP contribution in [-0.2, 0) is 33.8 Å². The van der Waals surface area contributed by atoms with Crippen molar-refractivity contribution >= 4 is 30.8 Å². The number of hydrogen-bond acceptors (Lipinski definition) is 6. The van der Waals surface area contributed by atoms with E-state index in [1.807, 2.05) is 42.6 Å². The smallest absolute Gasteiger partial charge is 0.229 e. The van der Waals surface area contributed by atoms with Crippen molar-refractivity contribution in [2.24, 2.45) is 0 Å². The van der Waals surface area contributed by atoms with E-state index in [9.17, 15) is 9.18 Å². The van der Waals surface area contributed by atoms with E-state index in [0.717, 1.165) is 45.2 Å². The molecule has 0 radical (unpaired) electrons. The molecule has 0 atom stereocenters. The third-order valence-electron chi connectivity index (χ3n) is 7.31. The van der Waals surface area contributed by atoms with E-state index in [0.29, 0.717) is 37.7 Å². The number of nitrogens with one attached hydrogen (secondary N) is 1. The first-order valence-corrected chi connectivity index (χ1v) is 18.4. The number of aromatic nitrogens is 4. The molecule has 0 aliphatic heterocycles. The Kier molecular flexibility index (Phi) is 9.94. The summed E-state index contributed by atoms with van der Waals surface area (Å²) in [4.78, 5) is 26.9. The van der Waals surface area contributed by atoms with Crippen LogP contribution < -0.4 is 5.32 Å². The van der Waals surface area contributed by atoms with E-state index < -0.39 is 8.07 Å². The van der Waals surface area contributed by atoms with Gasteiger partial charge in [0.15, 0.2) is 0 Å². The Morgan fingerprint density at radius 1 is 0.955 bits per heavy atom. The quantitative estimate of drug-likeness (QED) is 0.114. The van der Waals surface area contributed by atoms with Gasteiger partial charge in [-0.25, -0.2) is 9.37 Å². The van der Waals surface area contributed by atoms with Gasteiger partial charge in [-0.05, 0) is 66.1 Å². The molecular formula is C34H38FN5O3Si. The second kappa shape index (κ2) is 14.0. The predicted octanol–water partition coefficient (Wildman–Crippen LogP) is 6.98. The molecule has 0 unspecified atom stereocenters. The molecule has 0 bridgehead atoms. The van der Waals surface area contributed by atoms with Crippen LogP contribution in [0.2, 0.25) is 25.7 Å². The lowest BCUT2D eigenvalue weighted by atomic mass is 10.0. The molecule has 4 heterocycles. The fourth-order valence-electron chi connectivity index (χ4n) is 5.09. The van der Waals surface area contributed by atoms with Gasteiger partial charge in [0.05, 0.1) is 41.0 Å². The van der Waals surface area contributed by atoms with E-state index >= 15 is 0 Å². The molecule has 1 amide bonds. The maximum Gasteiger partial charge on any atom is 0.229 e. The van der Waals surface area contributed by atoms with Crippen molar-refractivity contribution in [1.82, 2.24) is 19.5 Å². The zero-order chi connectivity index (χ0) is 31.1. The van der Waals surface area contributed by atoms with Crippen molar-refractivity contribution in [2.45, 2.75) is 45.3 Å². The fraction of sp³-hybridized carbons (Fsp3) is 0.294. The van der Waals surface area contributed by atoms with Crippen LogP contribution >= 0.6 is 0 Å². The summed E-state index contributed by atoms with van der Waals surface area (Å²) in [5, 5.41) is 2.91. The molecule has 1 N–H and O–H groups in total. The van der Waals surface area contributed by atoms with Gasteiger partial charge in [0.1, 0.15) is 18.4 Å². The molecule has 8 nitrogen and oxygen atoms in total. The van der Waals surface area contributed by atoms with Gasteiger partial charge in [-0.1, -0.05) is 37.8 Å². The molecule has 4 aromatic heterocycles. The lowest BCUT2D eigenvalue weighted by molar-refractivity contribution is -0.115. The number of anilines is 1. The molecular weight excluding hydrogens is 573 g/mol. The molecule has 10 heteroatoms. The van der Waals surface area contributed by atoms with Gasteiger partial charge in [-0.3, -0.25) is 14.8 Å². The summed E-state index contributed by atoms with van der Waals surface area (Å²) in [6.07, 6.45) is 6.08. The normalized spacial score (nSPS) is 11.7. The second-order valence-corrected chi connectivity index (χ2v) is 17.5. The van der Waals surface area contributed by atoms with Crippen LogP contribution in [0.5, 0.6) is 0 Å². The number of methoxy groups -OCH3 is 1. The van der Waals surface area contributed by atoms with E-state index in [2.05, 4.69) is 34.5 Å². The number of hydrogen-bond donors (Lipinski definition) is 1. The molecule has 0 spiro atoms. The number of carbonyl (C=O) groups excluding carboxylic acids is 1. The molecule has 44 heavy (non-hydrogen) atoms. The van der Waals surface area contributed by atoms with Crippen molar-refractivity contribution in [3.63, 3.8) is 0 Å². The molecule has 0 saturated heterocycles. The summed E-state index contributed by atoms with van der Waals surface area (Å²) in [6, 6.07) is 18.6. The van der Waals surface area contributed by atoms with Crippen LogP contribution in [0.15, 0.2) is 79.3 Å². The minimum atomic E-state index is -1.30. The number of halogens is 1. The minimum Gasteiger partial charge on any atom is -0.384 e. The SMILES string of the molecule is COCCc1ccnc2c(-c3ccccn3)c(-c3ccnc(NC(=O)Cc4ccc(F)cc4)c3)n(COCC[Si](C)(C)C)c12. The maximum atomic E-state index is 13.3. The van der Waals surface area contributed by atoms with Gasteiger partial charge in [0.2, 0.25) is 5.91 Å². The number of amides is 1. The van der Waals surface area contributed by atoms with Gasteiger partial charge in [0.25, 0.3) is 0 Å². The number of benzene rings is 1. The number of nitrogens with zero attached hydrogens (tertiary/aromatic N) is 4. The molecule has 1 aromatic carbocycles. The summed E-state index contributed by atoms with van der Waals surface area (Å²) in [7, 11) is 0.402. The van der Waals surface area contributed by atoms with E-state index in [1.165, 1.54) is 12.1 Å². The standard InChI is InChI=1S/C34H38FN5O3Si/c1-42-18-14-25-12-17-38-32-31(28-7-5-6-15-36-28)33(40(34(25)32)23-43-19-20-44(2,3)4)26-13-16-37-29(22-26)39-30(41)21-24-8-10-27(35)11-9-24/h5-13,15-17,22H,14,18-21,23H2,1-4H3,(H,37,39,41). The number of ether oxygens (including phenoxy) is 2. The third-order valence-corrected chi connectivity index (χ3v) is 9.02. The lowest BCUT2D eigenvalue weighted by Gasteiger charge is -2.18. The zero-order valence-corrected chi connectivity index (χ0v) is 26.6. The molecule has 5 rings (SSSR count). The number of carbonyl (C=O) groups is 1. The molecule has 0 saturated carbocycles. The monoisotopic (exact) mass is 611 g/mol. The molecule has 5 aromatic rings. The average Bonchev–Trinajstić information content (AvgIpc) is 3.34. The Morgan fingerprint density at radius 3 is 2.48 bits per heavy atom. The minimum absolute atomic E-state index is 0.101. The van der Waals surface area contributed by atoms with Crippen molar-refractivity contribution in [3.8, 4) is 22.5 Å². The maximum absolute atomic E-state index is 13.3. The van der Waals surface area contributed by atoms with Crippen LogP contribution in [0.4, 0.5) is 10.2 Å². The lowest BCUT2D eigenvalue weighted by Crippen LogP contribution is -2.22. The van der Waals surface area contributed by atoms with Crippen molar-refractivity contribution < 1.29 is 18.7 Å². The van der Waals surface area contributed by atoms with Crippen LogP contribution in [0.3, 0.4) is 0 Å². The Bertz CT molecular complexity index is 1720. The highest BCUT2D eigenvalue weighted by molar-refractivity contribution is 6.76. The van der Waals surface area contributed by atoms with Gasteiger partial charge >= 0.3 is 0 Å². The highest BCUT2D eigenvalue weighted by Gasteiger charge is 2.25. The predicted molar refractivity (Wildman–Crippen MR) is 175 cm³/mol. The molecule has 0 fully saturated rings. The zero-order valence-electron chi connectivity index (χ0n) is 25.6. The Hall–Kier alpha value is -4.25. The third kappa shape index (κ3) is 7.63. The summed E-state index contributed by atoms with van der Waals surface area (Å²) in [5.74, 6) is -0.178. The van der Waals surface area contributed by atoms with Crippen molar-refractivity contribution in [2.75, 3.05) is 25.6 Å². The van der Waals surface area contributed by atoms with Crippen molar-refractivity contribution in [3.05, 3.63) is 96.2 Å². The van der Waals surface area contributed by atoms with Gasteiger partial charge in [-0.15, -0.1) is 0 Å². The molecule has 0 aliphatic rings. The summed E-state index contributed by atoms with van der Waals surface area (Å²) in [5.41, 5.74) is 6.96. The topological polar surface area (TPSA) is 91.2 Å². The highest BCUT2D eigenvalue weighted by atomic mass is 28.3. The van der Waals surface area contributed by atoms with E-state index in [1.54, 1.807) is 31.6 Å². The van der Waals surface area contributed by atoms with Gasteiger partial charge < -0.3 is 19.4 Å². The first-order chi connectivity index (χ1) is 21.2. The highest BCUT2D eigenvalue weighted by Crippen LogP contribution is 2.41. The number of rotatable bonds is 13. The van der Waals surface area contributed by atoms with E-state index in [4.69, 9.17) is 19.4 Å². The fourth-order valence-corrected chi connectivity index (χ4v) is 5.85. The summed E-state index contributed by atoms with van der Waals surface area (Å²) < 4.78 is 27.3. The number of pyridine rings is 3. The van der Waals surface area contributed by atoms with Gasteiger partial charge in [-0.2, -0.15) is 0 Å². The molecule has 228 valence electrons. The average molecular weight is 612 g/mol. The number of fused-ring (bicyclic) bond motifs is 1. The van der Waals surface area contributed by atoms with Crippen LogP contribution in [-0.4, -0.2) is 53.8 Å². The largest absolute Gasteiger partial charge is 0.384 e. The van der Waals surface area contributed by atoms with E-state index in [-0.39, 0.29) is 18.1 Å². The Morgan fingerprint density at radius 2 is 1.75 bits per heavy atom. The first-order valence-electron chi connectivity index (χ1n) is 14.7. The summed E-state index contributed by atoms with van der Waals surface area (Å²) >= 11 is 0. The second-order valence-electron chi connectivity index (χ2n) is 11.9. The first kappa shape index (κ1) is 31.2. The van der Waals surface area contributed by atoms with Crippen LogP contribution in [0.1, 0.15) is 11.1 Å². The van der Waals surface area contributed by atoms with Crippen LogP contribution in [0, 0.1) is 5.82 Å².